The van der Waals surface area contributed by atoms with Crippen molar-refractivity contribution in [1.29, 1.82) is 0 Å². The molecular weight excluding hydrogens is 405 g/mol. The minimum absolute atomic E-state index is 0.0392. The third-order valence-corrected chi connectivity index (χ3v) is 6.03. The fourth-order valence-electron chi connectivity index (χ4n) is 4.10. The molecular formula is C27H28FNO3. The smallest absolute Gasteiger partial charge is 0.231 e. The Balaban J connectivity index is 1.33. The standard InChI is InChI=1S/C27H28FNO3/c28-25-12-10-24(11-13-25)27(14-16-31-17-15-27)26(30)29-18-21-6-8-23(9-7-21)20-32-19-22-4-2-1-3-5-22/h1-13H,14-20H2,(H,29,30). The van der Waals surface area contributed by atoms with Gasteiger partial charge in [-0.15, -0.1) is 0 Å². The quantitative estimate of drug-likeness (QED) is 0.549. The van der Waals surface area contributed by atoms with E-state index in [1.54, 1.807) is 12.1 Å². The summed E-state index contributed by atoms with van der Waals surface area (Å²) in [6.45, 7) is 2.59. The average molecular weight is 434 g/mol. The van der Waals surface area contributed by atoms with Crippen LogP contribution in [0.3, 0.4) is 0 Å². The second-order valence-electron chi connectivity index (χ2n) is 8.18. The predicted octanol–water partition coefficient (Wildman–Crippen LogP) is 4.91. The van der Waals surface area contributed by atoms with E-state index in [-0.39, 0.29) is 11.7 Å². The highest BCUT2D eigenvalue weighted by molar-refractivity contribution is 5.88. The van der Waals surface area contributed by atoms with E-state index in [4.69, 9.17) is 9.47 Å². The van der Waals surface area contributed by atoms with Gasteiger partial charge in [-0.3, -0.25) is 4.79 Å². The lowest BCUT2D eigenvalue weighted by molar-refractivity contribution is -0.130. The van der Waals surface area contributed by atoms with Crippen LogP contribution in [0.1, 0.15) is 35.1 Å². The maximum absolute atomic E-state index is 13.4. The van der Waals surface area contributed by atoms with Crippen molar-refractivity contribution in [2.45, 2.75) is 38.0 Å². The van der Waals surface area contributed by atoms with Gasteiger partial charge in [0.1, 0.15) is 5.82 Å². The number of hydrogen-bond acceptors (Lipinski definition) is 3. The molecule has 32 heavy (non-hydrogen) atoms. The molecule has 1 amide bonds. The number of ether oxygens (including phenoxy) is 2. The molecule has 1 aliphatic rings. The third-order valence-electron chi connectivity index (χ3n) is 6.03. The molecule has 1 aliphatic heterocycles. The number of halogens is 1. The van der Waals surface area contributed by atoms with Crippen LogP contribution < -0.4 is 5.32 Å². The van der Waals surface area contributed by atoms with E-state index < -0.39 is 5.41 Å². The number of nitrogens with one attached hydrogen (secondary N) is 1. The second kappa shape index (κ2) is 10.5. The van der Waals surface area contributed by atoms with E-state index in [9.17, 15) is 9.18 Å². The molecule has 4 nitrogen and oxygen atoms in total. The summed E-state index contributed by atoms with van der Waals surface area (Å²) in [6.07, 6.45) is 1.17. The summed E-state index contributed by atoms with van der Waals surface area (Å²) in [5, 5.41) is 3.09. The Labute approximate surface area is 188 Å². The first-order valence-corrected chi connectivity index (χ1v) is 11.0. The van der Waals surface area contributed by atoms with E-state index >= 15 is 0 Å². The molecule has 0 atom stereocenters. The van der Waals surface area contributed by atoms with Crippen LogP contribution in [0.4, 0.5) is 4.39 Å². The molecule has 0 spiro atoms. The van der Waals surface area contributed by atoms with Crippen LogP contribution in [0, 0.1) is 5.82 Å². The lowest BCUT2D eigenvalue weighted by atomic mass is 9.73. The van der Waals surface area contributed by atoms with Gasteiger partial charge in [0, 0.05) is 19.8 Å². The average Bonchev–Trinajstić information content (AvgIpc) is 2.85. The van der Waals surface area contributed by atoms with Crippen molar-refractivity contribution in [3.05, 3.63) is 107 Å². The molecule has 0 aromatic heterocycles. The van der Waals surface area contributed by atoms with Gasteiger partial charge in [-0.1, -0.05) is 66.7 Å². The number of carbonyl (C=O) groups excluding carboxylic acids is 1. The van der Waals surface area contributed by atoms with Crippen molar-refractivity contribution >= 4 is 5.91 Å². The molecule has 5 heteroatoms. The van der Waals surface area contributed by atoms with E-state index in [0.29, 0.717) is 45.8 Å². The van der Waals surface area contributed by atoms with Gasteiger partial charge in [0.2, 0.25) is 5.91 Å². The van der Waals surface area contributed by atoms with Crippen LogP contribution in [0.25, 0.3) is 0 Å². The molecule has 3 aromatic rings. The van der Waals surface area contributed by atoms with Crippen molar-refractivity contribution in [2.24, 2.45) is 0 Å². The number of rotatable bonds is 8. The third kappa shape index (κ3) is 5.42. The maximum atomic E-state index is 13.4. The highest BCUT2D eigenvalue weighted by Crippen LogP contribution is 2.35. The highest BCUT2D eigenvalue weighted by Gasteiger charge is 2.41. The van der Waals surface area contributed by atoms with Gasteiger partial charge in [0.25, 0.3) is 0 Å². The fourth-order valence-corrected chi connectivity index (χ4v) is 4.10. The summed E-state index contributed by atoms with van der Waals surface area (Å²) in [6, 6.07) is 24.4. The van der Waals surface area contributed by atoms with Crippen LogP contribution in [0.5, 0.6) is 0 Å². The van der Waals surface area contributed by atoms with E-state index in [1.165, 1.54) is 12.1 Å². The van der Waals surface area contributed by atoms with Gasteiger partial charge in [0.05, 0.1) is 18.6 Å². The Bertz CT molecular complexity index is 997. The lowest BCUT2D eigenvalue weighted by Gasteiger charge is -2.36. The maximum Gasteiger partial charge on any atom is 0.231 e. The van der Waals surface area contributed by atoms with Crippen molar-refractivity contribution in [3.8, 4) is 0 Å². The van der Waals surface area contributed by atoms with Gasteiger partial charge in [-0.05, 0) is 47.2 Å². The van der Waals surface area contributed by atoms with Crippen LogP contribution >= 0.6 is 0 Å². The number of hydrogen-bond donors (Lipinski definition) is 1. The van der Waals surface area contributed by atoms with Crippen LogP contribution in [-0.2, 0) is 39.4 Å². The van der Waals surface area contributed by atoms with Crippen molar-refractivity contribution in [1.82, 2.24) is 5.32 Å². The van der Waals surface area contributed by atoms with Gasteiger partial charge in [-0.25, -0.2) is 4.39 Å². The Morgan fingerprint density at radius 3 is 2.09 bits per heavy atom. The topological polar surface area (TPSA) is 47.6 Å². The summed E-state index contributed by atoms with van der Waals surface area (Å²) in [5.41, 5.74) is 3.41. The molecule has 1 N–H and O–H groups in total. The summed E-state index contributed by atoms with van der Waals surface area (Å²) in [5.74, 6) is -0.341. The minimum Gasteiger partial charge on any atom is -0.381 e. The zero-order valence-corrected chi connectivity index (χ0v) is 18.1. The molecule has 1 fully saturated rings. The summed E-state index contributed by atoms with van der Waals surface area (Å²) < 4.78 is 24.7. The first-order valence-electron chi connectivity index (χ1n) is 11.0. The molecule has 0 aliphatic carbocycles. The Kier molecular flexibility index (Phi) is 7.30. The second-order valence-corrected chi connectivity index (χ2v) is 8.18. The summed E-state index contributed by atoms with van der Waals surface area (Å²) in [7, 11) is 0. The number of benzene rings is 3. The molecule has 0 unspecified atom stereocenters. The van der Waals surface area contributed by atoms with Crippen molar-refractivity contribution in [3.63, 3.8) is 0 Å². The molecule has 1 heterocycles. The van der Waals surface area contributed by atoms with Crippen LogP contribution in [0.15, 0.2) is 78.9 Å². The Morgan fingerprint density at radius 1 is 0.844 bits per heavy atom. The van der Waals surface area contributed by atoms with Gasteiger partial charge in [-0.2, -0.15) is 0 Å². The number of amides is 1. The lowest BCUT2D eigenvalue weighted by Crippen LogP contribution is -2.47. The molecule has 0 bridgehead atoms. The predicted molar refractivity (Wildman–Crippen MR) is 121 cm³/mol. The Hall–Kier alpha value is -3.02. The molecule has 1 saturated heterocycles. The van der Waals surface area contributed by atoms with Gasteiger partial charge in [0.15, 0.2) is 0 Å². The SMILES string of the molecule is O=C(NCc1ccc(COCc2ccccc2)cc1)C1(c2ccc(F)cc2)CCOCC1. The van der Waals surface area contributed by atoms with Gasteiger partial charge >= 0.3 is 0 Å². The van der Waals surface area contributed by atoms with Crippen LogP contribution in [0.2, 0.25) is 0 Å². The zero-order chi connectivity index (χ0) is 22.2. The summed E-state index contributed by atoms with van der Waals surface area (Å²) in [4.78, 5) is 13.2. The van der Waals surface area contributed by atoms with E-state index in [2.05, 4.69) is 5.32 Å². The Morgan fingerprint density at radius 2 is 1.44 bits per heavy atom. The fraction of sp³-hybridized carbons (Fsp3) is 0.296. The van der Waals surface area contributed by atoms with Crippen molar-refractivity contribution < 1.29 is 18.7 Å². The molecule has 0 radical (unpaired) electrons. The largest absolute Gasteiger partial charge is 0.381 e. The van der Waals surface area contributed by atoms with Gasteiger partial charge < -0.3 is 14.8 Å². The molecule has 0 saturated carbocycles. The number of carbonyl (C=O) groups is 1. The first-order chi connectivity index (χ1) is 15.7. The normalized spacial score (nSPS) is 15.3. The first kappa shape index (κ1) is 22.2. The monoisotopic (exact) mass is 433 g/mol. The van der Waals surface area contributed by atoms with E-state index in [1.807, 2.05) is 54.6 Å². The van der Waals surface area contributed by atoms with Crippen LogP contribution in [-0.4, -0.2) is 19.1 Å². The van der Waals surface area contributed by atoms with E-state index in [0.717, 1.165) is 22.3 Å². The minimum atomic E-state index is -0.683. The zero-order valence-electron chi connectivity index (χ0n) is 18.1. The highest BCUT2D eigenvalue weighted by atomic mass is 19.1. The molecule has 3 aromatic carbocycles. The molecule has 4 rings (SSSR count). The summed E-state index contributed by atoms with van der Waals surface area (Å²) >= 11 is 0. The molecule has 166 valence electrons. The van der Waals surface area contributed by atoms with Crippen molar-refractivity contribution in [2.75, 3.05) is 13.2 Å².